The molecule has 178 valence electrons. The number of hydrazine groups is 1. The molecule has 1 aliphatic carbocycles. The molecule has 11 heteroatoms. The quantitative estimate of drug-likeness (QED) is 0.380. The van der Waals surface area contributed by atoms with E-state index in [9.17, 15) is 24.5 Å². The molecule has 0 saturated heterocycles. The minimum atomic E-state index is -0.842. The lowest BCUT2D eigenvalue weighted by Crippen LogP contribution is -2.42. The molecule has 35 heavy (non-hydrogen) atoms. The molecule has 4 rings (SSSR count). The van der Waals surface area contributed by atoms with Gasteiger partial charge in [-0.05, 0) is 38.0 Å². The third kappa shape index (κ3) is 4.93. The molecule has 0 radical (unpaired) electrons. The molecule has 0 fully saturated rings. The number of nitrogens with one attached hydrogen (secondary N) is 3. The molecule has 0 atom stereocenters. The van der Waals surface area contributed by atoms with Crippen LogP contribution in [-0.2, 0) is 6.42 Å². The standard InChI is InChI=1S/C24H21N5O6/c1-14-20-17(25-26-22(30)15-8-3-2-4-9-15)11-7-13-19(20)35-21(14)24(32)28-27-23(31)16-10-5-6-12-18(16)29(33)34/h2-6,8-10,12H,7,11,13H2,1H3,(H,26,30)(H,27,31)(H,28,32)/b25-17+. The van der Waals surface area contributed by atoms with Crippen molar-refractivity contribution in [2.75, 3.05) is 0 Å². The van der Waals surface area contributed by atoms with Crippen molar-refractivity contribution in [2.24, 2.45) is 5.10 Å². The van der Waals surface area contributed by atoms with Crippen LogP contribution in [0.2, 0.25) is 0 Å². The van der Waals surface area contributed by atoms with Crippen molar-refractivity contribution >= 4 is 29.1 Å². The Balaban J connectivity index is 1.49. The van der Waals surface area contributed by atoms with Crippen LogP contribution in [0.15, 0.2) is 64.1 Å². The highest BCUT2D eigenvalue weighted by Crippen LogP contribution is 2.29. The summed E-state index contributed by atoms with van der Waals surface area (Å²) in [6, 6.07) is 14.0. The summed E-state index contributed by atoms with van der Waals surface area (Å²) in [6.07, 6.45) is 1.88. The molecule has 1 heterocycles. The van der Waals surface area contributed by atoms with Gasteiger partial charge in [0.05, 0.1) is 10.6 Å². The Morgan fingerprint density at radius 2 is 1.63 bits per heavy atom. The summed E-state index contributed by atoms with van der Waals surface area (Å²) in [5.74, 6) is -1.40. The second-order valence-electron chi connectivity index (χ2n) is 7.76. The molecule has 11 nitrogen and oxygen atoms in total. The topological polar surface area (TPSA) is 156 Å². The number of furan rings is 1. The van der Waals surface area contributed by atoms with Gasteiger partial charge in [-0.1, -0.05) is 30.3 Å². The van der Waals surface area contributed by atoms with Crippen LogP contribution < -0.4 is 16.3 Å². The molecule has 3 amide bonds. The Morgan fingerprint density at radius 1 is 0.943 bits per heavy atom. The van der Waals surface area contributed by atoms with E-state index in [1.807, 2.05) is 0 Å². The Hall–Kier alpha value is -4.80. The highest BCUT2D eigenvalue weighted by molar-refractivity contribution is 6.07. The fourth-order valence-electron chi connectivity index (χ4n) is 3.83. The zero-order valence-electron chi connectivity index (χ0n) is 18.7. The molecule has 1 aliphatic rings. The van der Waals surface area contributed by atoms with Crippen molar-refractivity contribution in [1.82, 2.24) is 16.3 Å². The number of nitro groups is 1. The maximum atomic E-state index is 12.7. The van der Waals surface area contributed by atoms with Crippen LogP contribution in [0.25, 0.3) is 0 Å². The zero-order valence-corrected chi connectivity index (χ0v) is 18.7. The minimum Gasteiger partial charge on any atom is -0.455 e. The number of carbonyl (C=O) groups is 3. The maximum absolute atomic E-state index is 12.7. The molecule has 0 unspecified atom stereocenters. The van der Waals surface area contributed by atoms with E-state index in [1.54, 1.807) is 37.3 Å². The maximum Gasteiger partial charge on any atom is 0.305 e. The van der Waals surface area contributed by atoms with Crippen LogP contribution in [0.3, 0.4) is 0 Å². The van der Waals surface area contributed by atoms with Crippen molar-refractivity contribution in [3.8, 4) is 0 Å². The zero-order chi connectivity index (χ0) is 24.9. The van der Waals surface area contributed by atoms with E-state index in [-0.39, 0.29) is 22.9 Å². The second-order valence-corrected chi connectivity index (χ2v) is 7.76. The first-order valence-corrected chi connectivity index (χ1v) is 10.8. The third-order valence-electron chi connectivity index (χ3n) is 5.50. The average molecular weight is 475 g/mol. The first-order valence-electron chi connectivity index (χ1n) is 10.8. The van der Waals surface area contributed by atoms with Crippen LogP contribution in [-0.4, -0.2) is 28.4 Å². The van der Waals surface area contributed by atoms with Crippen molar-refractivity contribution < 1.29 is 23.7 Å². The smallest absolute Gasteiger partial charge is 0.305 e. The predicted octanol–water partition coefficient (Wildman–Crippen LogP) is 3.04. The summed E-state index contributed by atoms with van der Waals surface area (Å²) in [4.78, 5) is 47.9. The Kier molecular flexibility index (Phi) is 6.67. The fourth-order valence-corrected chi connectivity index (χ4v) is 3.83. The second kappa shape index (κ2) is 10.00. The number of benzene rings is 2. The number of hydrogen-bond donors (Lipinski definition) is 3. The largest absolute Gasteiger partial charge is 0.455 e. The van der Waals surface area contributed by atoms with Gasteiger partial charge in [-0.2, -0.15) is 5.10 Å². The van der Waals surface area contributed by atoms with E-state index in [4.69, 9.17) is 4.42 Å². The normalized spacial score (nSPS) is 13.6. The summed E-state index contributed by atoms with van der Waals surface area (Å²) in [5.41, 5.74) is 8.56. The summed E-state index contributed by atoms with van der Waals surface area (Å²) < 4.78 is 5.76. The van der Waals surface area contributed by atoms with Gasteiger partial charge in [-0.3, -0.25) is 35.3 Å². The molecular formula is C24H21N5O6. The van der Waals surface area contributed by atoms with Crippen molar-refractivity contribution in [3.63, 3.8) is 0 Å². The van der Waals surface area contributed by atoms with Gasteiger partial charge in [-0.15, -0.1) is 0 Å². The number of nitrogens with zero attached hydrogens (tertiary/aromatic N) is 2. The van der Waals surface area contributed by atoms with Crippen LogP contribution in [0.4, 0.5) is 5.69 Å². The lowest BCUT2D eigenvalue weighted by Gasteiger charge is -2.13. The van der Waals surface area contributed by atoms with E-state index >= 15 is 0 Å². The fraction of sp³-hybridized carbons (Fsp3) is 0.167. The van der Waals surface area contributed by atoms with Gasteiger partial charge in [0.15, 0.2) is 5.76 Å². The number of aryl methyl sites for hydroxylation is 1. The van der Waals surface area contributed by atoms with Crippen LogP contribution in [0.1, 0.15) is 61.0 Å². The van der Waals surface area contributed by atoms with Crippen LogP contribution in [0, 0.1) is 17.0 Å². The molecule has 0 spiro atoms. The lowest BCUT2D eigenvalue weighted by atomic mass is 9.93. The van der Waals surface area contributed by atoms with Gasteiger partial charge in [0.2, 0.25) is 0 Å². The van der Waals surface area contributed by atoms with Gasteiger partial charge >= 0.3 is 5.91 Å². The van der Waals surface area contributed by atoms with Gasteiger partial charge in [0.1, 0.15) is 11.3 Å². The highest BCUT2D eigenvalue weighted by Gasteiger charge is 2.29. The molecule has 3 aromatic rings. The number of carbonyl (C=O) groups excluding carboxylic acids is 3. The Bertz CT molecular complexity index is 1350. The van der Waals surface area contributed by atoms with E-state index in [0.29, 0.717) is 41.0 Å². The Labute approximate surface area is 199 Å². The van der Waals surface area contributed by atoms with Gasteiger partial charge in [0.25, 0.3) is 17.5 Å². The van der Waals surface area contributed by atoms with Crippen molar-refractivity contribution in [3.05, 3.63) is 98.5 Å². The van der Waals surface area contributed by atoms with Crippen molar-refractivity contribution in [1.29, 1.82) is 0 Å². The third-order valence-corrected chi connectivity index (χ3v) is 5.50. The number of amides is 3. The number of nitro benzene ring substituents is 1. The minimum absolute atomic E-state index is 0.0261. The predicted molar refractivity (Wildman–Crippen MR) is 125 cm³/mol. The first kappa shape index (κ1) is 23.4. The number of rotatable bonds is 5. The molecular weight excluding hydrogens is 454 g/mol. The van der Waals surface area contributed by atoms with Crippen LogP contribution in [0.5, 0.6) is 0 Å². The van der Waals surface area contributed by atoms with Gasteiger partial charge in [-0.25, -0.2) is 5.43 Å². The van der Waals surface area contributed by atoms with E-state index in [2.05, 4.69) is 21.4 Å². The summed E-state index contributed by atoms with van der Waals surface area (Å²) in [7, 11) is 0. The highest BCUT2D eigenvalue weighted by atomic mass is 16.6. The Morgan fingerprint density at radius 3 is 2.37 bits per heavy atom. The number of fused-ring (bicyclic) bond motifs is 1. The monoisotopic (exact) mass is 475 g/mol. The SMILES string of the molecule is Cc1c(C(=O)NNC(=O)c2ccccc2[N+](=O)[O-])oc2c1/C(=N/NC(=O)c1ccccc1)CCC2. The van der Waals surface area contributed by atoms with Gasteiger partial charge < -0.3 is 4.42 Å². The average Bonchev–Trinajstić information content (AvgIpc) is 3.23. The molecule has 1 aromatic heterocycles. The summed E-state index contributed by atoms with van der Waals surface area (Å²) >= 11 is 0. The van der Waals surface area contributed by atoms with E-state index in [0.717, 1.165) is 6.42 Å². The lowest BCUT2D eigenvalue weighted by molar-refractivity contribution is -0.385. The molecule has 3 N–H and O–H groups in total. The molecule has 0 saturated carbocycles. The first-order chi connectivity index (χ1) is 16.9. The van der Waals surface area contributed by atoms with E-state index < -0.39 is 16.7 Å². The molecule has 2 aromatic carbocycles. The van der Waals surface area contributed by atoms with Gasteiger partial charge in [0, 0.05) is 29.2 Å². The molecule has 0 aliphatic heterocycles. The summed E-state index contributed by atoms with van der Waals surface area (Å²) in [5, 5.41) is 15.4. The summed E-state index contributed by atoms with van der Waals surface area (Å²) in [6.45, 7) is 1.68. The van der Waals surface area contributed by atoms with E-state index in [1.165, 1.54) is 24.3 Å². The number of para-hydroxylation sites is 1. The van der Waals surface area contributed by atoms with Crippen molar-refractivity contribution in [2.45, 2.75) is 26.2 Å². The van der Waals surface area contributed by atoms with Crippen LogP contribution >= 0.6 is 0 Å². The number of hydrazone groups is 1. The molecule has 0 bridgehead atoms. The number of hydrogen-bond acceptors (Lipinski definition) is 7.